The molecule has 48 heavy (non-hydrogen) atoms. The normalized spacial score (nSPS) is 17.0. The molecule has 4 heterocycles. The molecule has 3 N–H and O–H groups in total. The Morgan fingerprint density at radius 1 is 1.15 bits per heavy atom. The van der Waals surface area contributed by atoms with Crippen LogP contribution in [0.15, 0.2) is 52.9 Å². The molecule has 5 rings (SSSR count). The number of carbonyl (C=O) groups is 2. The molecule has 1 aliphatic heterocycles. The number of allylic oxidation sites excluding steroid dienone is 2. The number of aromatic nitrogens is 4. The van der Waals surface area contributed by atoms with Crippen LogP contribution in [0.2, 0.25) is 0 Å². The predicted molar refractivity (Wildman–Crippen MR) is 180 cm³/mol. The highest BCUT2D eigenvalue weighted by Gasteiger charge is 2.20. The Kier molecular flexibility index (Phi) is 12.1. The number of nitrogens with one attached hydrogen (secondary N) is 1. The lowest BCUT2D eigenvalue weighted by Gasteiger charge is -2.32. The number of ether oxygens (including phenoxy) is 1. The molecule has 15 heteroatoms. The maximum Gasteiger partial charge on any atom is 0.275 e. The van der Waals surface area contributed by atoms with Crippen LogP contribution < -0.4 is 11.1 Å². The van der Waals surface area contributed by atoms with Crippen molar-refractivity contribution in [2.24, 2.45) is 10.7 Å². The summed E-state index contributed by atoms with van der Waals surface area (Å²) in [6.07, 6.45) is 9.94. The minimum absolute atomic E-state index is 0.0135. The summed E-state index contributed by atoms with van der Waals surface area (Å²) < 4.78 is 35.4. The van der Waals surface area contributed by atoms with E-state index in [1.807, 2.05) is 0 Å². The van der Waals surface area contributed by atoms with Gasteiger partial charge in [-0.1, -0.05) is 25.8 Å². The monoisotopic (exact) mass is 681 g/mol. The maximum atomic E-state index is 14.5. The molecule has 1 amide bonds. The van der Waals surface area contributed by atoms with Crippen molar-refractivity contribution in [3.63, 3.8) is 0 Å². The topological polar surface area (TPSA) is 144 Å². The van der Waals surface area contributed by atoms with Crippen molar-refractivity contribution in [2.45, 2.75) is 51.0 Å². The van der Waals surface area contributed by atoms with Crippen LogP contribution in [0.4, 0.5) is 8.78 Å². The van der Waals surface area contributed by atoms with E-state index < -0.39 is 23.4 Å². The summed E-state index contributed by atoms with van der Waals surface area (Å²) in [6, 6.07) is 1.84. The predicted octanol–water partition coefficient (Wildman–Crippen LogP) is 4.34. The van der Waals surface area contributed by atoms with Gasteiger partial charge in [0.15, 0.2) is 5.82 Å². The summed E-state index contributed by atoms with van der Waals surface area (Å²) in [7, 11) is 2.12. The van der Waals surface area contributed by atoms with Crippen LogP contribution in [0, 0.1) is 11.8 Å². The number of thiazole rings is 1. The molecule has 12 nitrogen and oxygen atoms in total. The first-order chi connectivity index (χ1) is 23.2. The number of rotatable bonds is 13. The quantitative estimate of drug-likeness (QED) is 0.153. The number of pyridine rings is 1. The van der Waals surface area contributed by atoms with E-state index in [1.54, 1.807) is 11.6 Å². The number of piperazine rings is 1. The lowest BCUT2D eigenvalue weighted by atomic mass is 9.96. The first kappa shape index (κ1) is 35.0. The zero-order valence-corrected chi connectivity index (χ0v) is 27.9. The van der Waals surface area contributed by atoms with E-state index in [0.717, 1.165) is 77.0 Å². The molecule has 3 aromatic rings. The average Bonchev–Trinajstić information content (AvgIpc) is 3.79. The fourth-order valence-electron chi connectivity index (χ4n) is 5.40. The third kappa shape index (κ3) is 9.61. The number of carbonyl (C=O) groups excluding carboxylic acids is 2. The van der Waals surface area contributed by atoms with Crippen molar-refractivity contribution in [3.8, 4) is 10.6 Å². The molecule has 0 bridgehead atoms. The van der Waals surface area contributed by atoms with Crippen molar-refractivity contribution < 1.29 is 23.1 Å². The number of amides is 1. The number of hydrogen-bond acceptors (Lipinski definition) is 11. The van der Waals surface area contributed by atoms with Gasteiger partial charge in [0.2, 0.25) is 11.9 Å². The van der Waals surface area contributed by atoms with Crippen LogP contribution in [-0.4, -0.2) is 100.0 Å². The molecule has 0 radical (unpaired) electrons. The summed E-state index contributed by atoms with van der Waals surface area (Å²) in [5, 5.41) is 8.83. The highest BCUT2D eigenvalue weighted by atomic mass is 32.1. The third-order valence-electron chi connectivity index (χ3n) is 8.34. The van der Waals surface area contributed by atoms with Gasteiger partial charge in [-0.2, -0.15) is 9.49 Å². The molecule has 0 unspecified atom stereocenters. The van der Waals surface area contributed by atoms with Crippen molar-refractivity contribution in [1.29, 1.82) is 0 Å². The molecule has 2 fully saturated rings. The average molecular weight is 682 g/mol. The standard InChI is InChI=1S/C33H41F2N9O3S/c1-22(47-17-16-43-14-12-42(2)13-15-43)8-11-29(45)44-20-23(18-38-44)33-40-27(21-48-33)32(46)39-26(19-37-24-6-4-3-5-7-24)30(36)31-25(34)9-10-28(35)41-31/h9-10,18-21,24H,1,3-8,11-17,36H2,2H3,(H,39,46)/b30-26+,37-19?. The van der Waals surface area contributed by atoms with Gasteiger partial charge in [0.05, 0.1) is 29.4 Å². The first-order valence-corrected chi connectivity index (χ1v) is 17.0. The van der Waals surface area contributed by atoms with Crippen molar-refractivity contribution in [3.05, 3.63) is 71.1 Å². The van der Waals surface area contributed by atoms with Gasteiger partial charge in [-0.15, -0.1) is 11.3 Å². The number of hydrogen-bond donors (Lipinski definition) is 2. The van der Waals surface area contributed by atoms with Gasteiger partial charge in [-0.05, 0) is 32.0 Å². The highest BCUT2D eigenvalue weighted by molar-refractivity contribution is 7.13. The molecule has 1 aliphatic carbocycles. The van der Waals surface area contributed by atoms with Crippen LogP contribution in [-0.2, 0) is 4.74 Å². The van der Waals surface area contributed by atoms with E-state index >= 15 is 0 Å². The Labute approximate surface area is 282 Å². The second-order valence-corrected chi connectivity index (χ2v) is 12.8. The Morgan fingerprint density at radius 3 is 2.69 bits per heavy atom. The second-order valence-electron chi connectivity index (χ2n) is 12.0. The van der Waals surface area contributed by atoms with Crippen molar-refractivity contribution >= 4 is 35.1 Å². The minimum atomic E-state index is -0.914. The summed E-state index contributed by atoms with van der Waals surface area (Å²) >= 11 is 1.19. The van der Waals surface area contributed by atoms with Crippen LogP contribution >= 0.6 is 11.3 Å². The third-order valence-corrected chi connectivity index (χ3v) is 9.24. The largest absolute Gasteiger partial charge is 0.497 e. The molecule has 2 aliphatic rings. The first-order valence-electron chi connectivity index (χ1n) is 16.1. The molecule has 3 aromatic heterocycles. The SMILES string of the molecule is C=C(CCC(=O)n1cc(-c2nc(C(=O)N/C(C=NC3CCCCC3)=C(/N)c3nc(F)ccc3F)cs2)cn1)OCCN1CCN(C)CC1. The van der Waals surface area contributed by atoms with E-state index in [0.29, 0.717) is 29.4 Å². The number of halogens is 2. The van der Waals surface area contributed by atoms with Gasteiger partial charge in [0.1, 0.15) is 23.0 Å². The fraction of sp³-hybridized carbons (Fsp3) is 0.455. The van der Waals surface area contributed by atoms with Gasteiger partial charge in [-0.25, -0.2) is 19.0 Å². The summed E-state index contributed by atoms with van der Waals surface area (Å²) in [5.74, 6) is -2.07. The second kappa shape index (κ2) is 16.7. The Bertz CT molecular complexity index is 1660. The van der Waals surface area contributed by atoms with Crippen LogP contribution in [0.1, 0.15) is 65.9 Å². The molecular formula is C33H41F2N9O3S. The lowest BCUT2D eigenvalue weighted by Crippen LogP contribution is -2.45. The van der Waals surface area contributed by atoms with Crippen LogP contribution in [0.5, 0.6) is 0 Å². The highest BCUT2D eigenvalue weighted by Crippen LogP contribution is 2.24. The van der Waals surface area contributed by atoms with Gasteiger partial charge in [0.25, 0.3) is 5.91 Å². The summed E-state index contributed by atoms with van der Waals surface area (Å²) in [4.78, 5) is 43.3. The van der Waals surface area contributed by atoms with Crippen molar-refractivity contribution in [1.82, 2.24) is 34.9 Å². The van der Waals surface area contributed by atoms with Gasteiger partial charge < -0.3 is 20.7 Å². The van der Waals surface area contributed by atoms with E-state index in [4.69, 9.17) is 10.5 Å². The fourth-order valence-corrected chi connectivity index (χ4v) is 6.18. The van der Waals surface area contributed by atoms with Gasteiger partial charge in [0, 0.05) is 68.9 Å². The molecule has 0 spiro atoms. The number of likely N-dealkylation sites (N-methyl/N-ethyl adjacent to an activating group) is 1. The van der Waals surface area contributed by atoms with E-state index in [-0.39, 0.29) is 35.5 Å². The zero-order valence-electron chi connectivity index (χ0n) is 27.0. The lowest BCUT2D eigenvalue weighted by molar-refractivity contribution is 0.0865. The summed E-state index contributed by atoms with van der Waals surface area (Å²) in [6.45, 7) is 9.39. The van der Waals surface area contributed by atoms with Crippen LogP contribution in [0.25, 0.3) is 16.3 Å². The molecule has 0 aromatic carbocycles. The van der Waals surface area contributed by atoms with Crippen molar-refractivity contribution in [2.75, 3.05) is 46.4 Å². The molecule has 256 valence electrons. The van der Waals surface area contributed by atoms with Gasteiger partial charge >= 0.3 is 0 Å². The minimum Gasteiger partial charge on any atom is -0.497 e. The van der Waals surface area contributed by atoms with Gasteiger partial charge in [-0.3, -0.25) is 19.5 Å². The Balaban J connectivity index is 1.18. The zero-order chi connectivity index (χ0) is 34.0. The Morgan fingerprint density at radius 2 is 1.92 bits per heavy atom. The number of nitrogens with zero attached hydrogens (tertiary/aromatic N) is 7. The maximum absolute atomic E-state index is 14.5. The molecule has 1 saturated heterocycles. The smallest absolute Gasteiger partial charge is 0.275 e. The van der Waals surface area contributed by atoms with E-state index in [2.05, 4.69) is 48.8 Å². The van der Waals surface area contributed by atoms with E-state index in [9.17, 15) is 18.4 Å². The molecule has 0 atom stereocenters. The van der Waals surface area contributed by atoms with Crippen LogP contribution in [0.3, 0.4) is 0 Å². The molecule has 1 saturated carbocycles. The van der Waals surface area contributed by atoms with E-state index in [1.165, 1.54) is 28.4 Å². The number of nitrogens with two attached hydrogens (primary N) is 1. The Hall–Kier alpha value is -4.34. The number of aliphatic imine (C=N–C) groups is 1. The summed E-state index contributed by atoms with van der Waals surface area (Å²) in [5.41, 5.74) is 6.10. The molecular weight excluding hydrogens is 640 g/mol.